The molecule has 0 atom stereocenters. The Morgan fingerprint density at radius 1 is 1.16 bits per heavy atom. The quantitative estimate of drug-likeness (QED) is 0.798. The lowest BCUT2D eigenvalue weighted by Gasteiger charge is -2.08. The molecule has 0 bridgehead atoms. The number of methoxy groups -OCH3 is 1. The molecule has 0 fully saturated rings. The maximum atomic E-state index is 5.62. The lowest BCUT2D eigenvalue weighted by Crippen LogP contribution is -1.99. The fourth-order valence-electron chi connectivity index (χ4n) is 1.57. The van der Waals surface area contributed by atoms with Crippen molar-refractivity contribution < 1.29 is 14.2 Å². The van der Waals surface area contributed by atoms with E-state index in [1.807, 2.05) is 31.2 Å². The van der Waals surface area contributed by atoms with Crippen molar-refractivity contribution in [1.82, 2.24) is 4.98 Å². The number of ether oxygens (including phenoxy) is 3. The van der Waals surface area contributed by atoms with E-state index in [1.54, 1.807) is 19.4 Å². The molecule has 2 rings (SSSR count). The van der Waals surface area contributed by atoms with Crippen molar-refractivity contribution in [2.24, 2.45) is 0 Å². The average Bonchev–Trinajstić information content (AvgIpc) is 2.46. The number of nitrogens with zero attached hydrogens (tertiary/aromatic N) is 1. The Hall–Kier alpha value is -2.23. The Kier molecular flexibility index (Phi) is 4.61. The third kappa shape index (κ3) is 3.88. The summed E-state index contributed by atoms with van der Waals surface area (Å²) < 4.78 is 16.1. The molecular weight excluding hydrogens is 242 g/mol. The fourth-order valence-corrected chi connectivity index (χ4v) is 1.57. The maximum Gasteiger partial charge on any atom is 0.131 e. The van der Waals surface area contributed by atoms with Crippen molar-refractivity contribution in [3.8, 4) is 17.2 Å². The molecule has 0 aliphatic rings. The number of rotatable bonds is 6. The van der Waals surface area contributed by atoms with Gasteiger partial charge < -0.3 is 14.2 Å². The Morgan fingerprint density at radius 2 is 1.95 bits per heavy atom. The van der Waals surface area contributed by atoms with Crippen LogP contribution < -0.4 is 14.2 Å². The van der Waals surface area contributed by atoms with E-state index in [2.05, 4.69) is 11.1 Å². The van der Waals surface area contributed by atoms with E-state index >= 15 is 0 Å². The van der Waals surface area contributed by atoms with Crippen LogP contribution in [0.2, 0.25) is 0 Å². The molecule has 1 aromatic carbocycles. The van der Waals surface area contributed by atoms with Gasteiger partial charge in [0.05, 0.1) is 25.5 Å². The fraction of sp³-hybridized carbons (Fsp3) is 0.267. The molecule has 0 N–H and O–H groups in total. The average molecular weight is 258 g/mol. The highest BCUT2D eigenvalue weighted by Gasteiger charge is 2.01. The van der Waals surface area contributed by atoms with Gasteiger partial charge in [-0.05, 0) is 25.1 Å². The second kappa shape index (κ2) is 6.64. The third-order valence-electron chi connectivity index (χ3n) is 2.44. The van der Waals surface area contributed by atoms with E-state index in [9.17, 15) is 0 Å². The van der Waals surface area contributed by atoms with Crippen molar-refractivity contribution in [3.63, 3.8) is 0 Å². The van der Waals surface area contributed by atoms with Crippen LogP contribution >= 0.6 is 0 Å². The van der Waals surface area contributed by atoms with Crippen molar-refractivity contribution in [2.75, 3.05) is 13.7 Å². The van der Waals surface area contributed by atoms with Gasteiger partial charge in [0.1, 0.15) is 23.9 Å². The second-order valence-corrected chi connectivity index (χ2v) is 3.79. The third-order valence-corrected chi connectivity index (χ3v) is 2.44. The molecule has 1 heterocycles. The van der Waals surface area contributed by atoms with Gasteiger partial charge in [-0.3, -0.25) is 4.98 Å². The van der Waals surface area contributed by atoms with E-state index < -0.39 is 0 Å². The van der Waals surface area contributed by atoms with Gasteiger partial charge in [0.25, 0.3) is 0 Å². The van der Waals surface area contributed by atoms with Crippen LogP contribution in [0.1, 0.15) is 12.6 Å². The summed E-state index contributed by atoms with van der Waals surface area (Å²) in [4.78, 5) is 4.21. The van der Waals surface area contributed by atoms with Crippen LogP contribution in [0, 0.1) is 6.07 Å². The first-order valence-electron chi connectivity index (χ1n) is 6.08. The minimum Gasteiger partial charge on any atom is -0.497 e. The van der Waals surface area contributed by atoms with Gasteiger partial charge in [-0.2, -0.15) is 0 Å². The summed E-state index contributed by atoms with van der Waals surface area (Å²) in [5.41, 5.74) is 0.801. The Morgan fingerprint density at radius 3 is 2.68 bits per heavy atom. The van der Waals surface area contributed by atoms with Crippen molar-refractivity contribution in [2.45, 2.75) is 13.5 Å². The standard InChI is InChI=1S/C15H16NO3/c1-3-18-14-5-4-6-15(10-14)19-11-12-9-13(17-2)7-8-16-12/h4-9H,3,11H2,1-2H3. The molecule has 1 radical (unpaired) electrons. The lowest BCUT2D eigenvalue weighted by atomic mass is 10.3. The van der Waals surface area contributed by atoms with Gasteiger partial charge in [0.15, 0.2) is 0 Å². The Bertz CT molecular complexity index is 528. The Balaban J connectivity index is 1.99. The van der Waals surface area contributed by atoms with Gasteiger partial charge in [-0.25, -0.2) is 0 Å². The molecule has 4 nitrogen and oxygen atoms in total. The van der Waals surface area contributed by atoms with E-state index in [0.29, 0.717) is 24.7 Å². The van der Waals surface area contributed by atoms with E-state index in [1.165, 1.54) is 0 Å². The summed E-state index contributed by atoms with van der Waals surface area (Å²) in [5, 5.41) is 0. The molecular formula is C15H16NO3. The number of hydrogen-bond acceptors (Lipinski definition) is 4. The predicted molar refractivity (Wildman–Crippen MR) is 71.6 cm³/mol. The van der Waals surface area contributed by atoms with Gasteiger partial charge >= 0.3 is 0 Å². The van der Waals surface area contributed by atoms with Crippen LogP contribution in [-0.2, 0) is 6.61 Å². The summed E-state index contributed by atoms with van der Waals surface area (Å²) in [5.74, 6) is 2.08. The molecule has 1 aromatic heterocycles. The van der Waals surface area contributed by atoms with Crippen LogP contribution in [0.15, 0.2) is 36.5 Å². The number of hydrogen-bond donors (Lipinski definition) is 0. The van der Waals surface area contributed by atoms with Crippen LogP contribution in [0.25, 0.3) is 0 Å². The zero-order valence-electron chi connectivity index (χ0n) is 11.1. The van der Waals surface area contributed by atoms with E-state index in [0.717, 1.165) is 11.4 Å². The summed E-state index contributed by atoms with van der Waals surface area (Å²) in [6, 6.07) is 12.2. The number of benzene rings is 1. The van der Waals surface area contributed by atoms with Gasteiger partial charge in [0, 0.05) is 12.3 Å². The molecule has 2 aromatic rings. The molecule has 4 heteroatoms. The summed E-state index contributed by atoms with van der Waals surface area (Å²) in [6.45, 7) is 2.90. The first-order valence-corrected chi connectivity index (χ1v) is 6.08. The zero-order chi connectivity index (χ0) is 13.5. The Labute approximate surface area is 113 Å². The number of pyridine rings is 1. The molecule has 99 valence electrons. The van der Waals surface area contributed by atoms with Gasteiger partial charge in [0.2, 0.25) is 0 Å². The summed E-state index contributed by atoms with van der Waals surface area (Å²) in [6.07, 6.45) is 1.69. The van der Waals surface area contributed by atoms with E-state index in [4.69, 9.17) is 14.2 Å². The molecule has 0 saturated heterocycles. The molecule has 0 aliphatic carbocycles. The number of aromatic nitrogens is 1. The topological polar surface area (TPSA) is 40.6 Å². The highest BCUT2D eigenvalue weighted by Crippen LogP contribution is 2.19. The molecule has 0 saturated carbocycles. The minimum atomic E-state index is 0.364. The van der Waals surface area contributed by atoms with Gasteiger partial charge in [-0.1, -0.05) is 6.07 Å². The molecule has 19 heavy (non-hydrogen) atoms. The van der Waals surface area contributed by atoms with Crippen molar-refractivity contribution in [1.29, 1.82) is 0 Å². The first kappa shape index (κ1) is 13.2. The highest BCUT2D eigenvalue weighted by molar-refractivity contribution is 5.31. The molecule has 0 aliphatic heterocycles. The predicted octanol–water partition coefficient (Wildman–Crippen LogP) is 2.87. The van der Waals surface area contributed by atoms with Crippen LogP contribution in [0.4, 0.5) is 0 Å². The zero-order valence-corrected chi connectivity index (χ0v) is 11.1. The van der Waals surface area contributed by atoms with Crippen molar-refractivity contribution in [3.05, 3.63) is 48.3 Å². The first-order chi connectivity index (χ1) is 9.31. The smallest absolute Gasteiger partial charge is 0.131 e. The largest absolute Gasteiger partial charge is 0.497 e. The molecule has 0 unspecified atom stereocenters. The van der Waals surface area contributed by atoms with Crippen LogP contribution in [0.5, 0.6) is 17.2 Å². The second-order valence-electron chi connectivity index (χ2n) is 3.79. The minimum absolute atomic E-state index is 0.364. The summed E-state index contributed by atoms with van der Waals surface area (Å²) >= 11 is 0. The van der Waals surface area contributed by atoms with E-state index in [-0.39, 0.29) is 0 Å². The van der Waals surface area contributed by atoms with Crippen LogP contribution in [0.3, 0.4) is 0 Å². The molecule has 0 spiro atoms. The lowest BCUT2D eigenvalue weighted by molar-refractivity contribution is 0.293. The monoisotopic (exact) mass is 258 g/mol. The maximum absolute atomic E-state index is 5.62. The summed E-state index contributed by atoms with van der Waals surface area (Å²) in [7, 11) is 1.62. The molecule has 0 amide bonds. The highest BCUT2D eigenvalue weighted by atomic mass is 16.5. The van der Waals surface area contributed by atoms with Crippen molar-refractivity contribution >= 4 is 0 Å². The SMILES string of the molecule is CCOc1[c]c(OCc2cc(OC)ccn2)ccc1. The normalized spacial score (nSPS) is 10.0. The van der Waals surface area contributed by atoms with Crippen LogP contribution in [-0.4, -0.2) is 18.7 Å². The van der Waals surface area contributed by atoms with Gasteiger partial charge in [-0.15, -0.1) is 0 Å².